The van der Waals surface area contributed by atoms with E-state index >= 15 is 0 Å². The SMILES string of the molecule is Cc1cccc2c1C1=C(CCC(C)C1)C2. The van der Waals surface area contributed by atoms with Gasteiger partial charge in [0.05, 0.1) is 0 Å². The fourth-order valence-corrected chi connectivity index (χ4v) is 3.18. The van der Waals surface area contributed by atoms with Crippen LogP contribution >= 0.6 is 0 Å². The lowest BCUT2D eigenvalue weighted by Crippen LogP contribution is -2.04. The highest BCUT2D eigenvalue weighted by atomic mass is 14.3. The minimum atomic E-state index is 0.884. The zero-order chi connectivity index (χ0) is 10.4. The van der Waals surface area contributed by atoms with E-state index in [-0.39, 0.29) is 0 Å². The molecule has 0 bridgehead atoms. The van der Waals surface area contributed by atoms with Gasteiger partial charge < -0.3 is 0 Å². The lowest BCUT2D eigenvalue weighted by molar-refractivity contribution is 0.524. The molecule has 2 aliphatic carbocycles. The third-order valence-corrected chi connectivity index (χ3v) is 3.98. The normalized spacial score (nSPS) is 24.0. The maximum Gasteiger partial charge on any atom is -0.00549 e. The molecule has 0 nitrogen and oxygen atoms in total. The van der Waals surface area contributed by atoms with Gasteiger partial charge in [-0.15, -0.1) is 0 Å². The van der Waals surface area contributed by atoms with Gasteiger partial charge in [0.1, 0.15) is 0 Å². The quantitative estimate of drug-likeness (QED) is 0.588. The van der Waals surface area contributed by atoms with Gasteiger partial charge in [-0.1, -0.05) is 30.7 Å². The Kier molecular flexibility index (Phi) is 1.98. The summed E-state index contributed by atoms with van der Waals surface area (Å²) >= 11 is 0. The van der Waals surface area contributed by atoms with Gasteiger partial charge in [-0.05, 0) is 60.8 Å². The van der Waals surface area contributed by atoms with E-state index in [4.69, 9.17) is 0 Å². The Labute approximate surface area is 92.0 Å². The molecule has 3 rings (SSSR count). The van der Waals surface area contributed by atoms with Crippen molar-refractivity contribution in [2.24, 2.45) is 5.92 Å². The molecule has 0 aromatic heterocycles. The molecule has 0 radical (unpaired) electrons. The molecular weight excluding hydrogens is 180 g/mol. The molecule has 0 spiro atoms. The van der Waals surface area contributed by atoms with E-state index < -0.39 is 0 Å². The zero-order valence-electron chi connectivity index (χ0n) is 9.64. The lowest BCUT2D eigenvalue weighted by Gasteiger charge is -2.21. The van der Waals surface area contributed by atoms with Crippen LogP contribution in [0.3, 0.4) is 0 Å². The third kappa shape index (κ3) is 1.35. The van der Waals surface area contributed by atoms with Crippen LogP contribution in [0.25, 0.3) is 5.57 Å². The summed E-state index contributed by atoms with van der Waals surface area (Å²) in [5, 5.41) is 0. The number of hydrogen-bond acceptors (Lipinski definition) is 0. The first kappa shape index (κ1) is 9.21. The largest absolute Gasteiger partial charge is 0.0622 e. The maximum atomic E-state index is 2.39. The van der Waals surface area contributed by atoms with Gasteiger partial charge in [-0.2, -0.15) is 0 Å². The van der Waals surface area contributed by atoms with Crippen LogP contribution in [0.1, 0.15) is 42.9 Å². The smallest absolute Gasteiger partial charge is 0.00549 e. The average Bonchev–Trinajstić information content (AvgIpc) is 2.57. The first-order valence-corrected chi connectivity index (χ1v) is 6.05. The summed E-state index contributed by atoms with van der Waals surface area (Å²) < 4.78 is 0. The summed E-state index contributed by atoms with van der Waals surface area (Å²) in [6, 6.07) is 6.77. The van der Waals surface area contributed by atoms with Crippen LogP contribution in [0.15, 0.2) is 23.8 Å². The molecule has 0 heteroatoms. The number of benzene rings is 1. The Morgan fingerprint density at radius 2 is 2.13 bits per heavy atom. The van der Waals surface area contributed by atoms with Crippen LogP contribution in [0.4, 0.5) is 0 Å². The molecule has 0 saturated heterocycles. The van der Waals surface area contributed by atoms with Crippen molar-refractivity contribution >= 4 is 5.57 Å². The van der Waals surface area contributed by atoms with E-state index in [1.54, 1.807) is 22.3 Å². The van der Waals surface area contributed by atoms with Gasteiger partial charge >= 0.3 is 0 Å². The maximum absolute atomic E-state index is 2.39. The van der Waals surface area contributed by atoms with Crippen molar-refractivity contribution in [3.63, 3.8) is 0 Å². The number of allylic oxidation sites excluding steroid dienone is 2. The summed E-state index contributed by atoms with van der Waals surface area (Å²) in [4.78, 5) is 0. The van der Waals surface area contributed by atoms with Crippen molar-refractivity contribution in [2.75, 3.05) is 0 Å². The lowest BCUT2D eigenvalue weighted by atomic mass is 9.84. The van der Waals surface area contributed by atoms with Crippen LogP contribution in [0, 0.1) is 12.8 Å². The van der Waals surface area contributed by atoms with E-state index in [2.05, 4.69) is 32.0 Å². The second-order valence-corrected chi connectivity index (χ2v) is 5.22. The van der Waals surface area contributed by atoms with Gasteiger partial charge in [0, 0.05) is 0 Å². The average molecular weight is 198 g/mol. The van der Waals surface area contributed by atoms with Crippen molar-refractivity contribution in [1.29, 1.82) is 0 Å². The molecule has 0 fully saturated rings. The summed E-state index contributed by atoms with van der Waals surface area (Å²) in [7, 11) is 0. The Morgan fingerprint density at radius 3 is 3.00 bits per heavy atom. The van der Waals surface area contributed by atoms with Gasteiger partial charge in [-0.3, -0.25) is 0 Å². The number of fused-ring (bicyclic) bond motifs is 2. The molecular formula is C15H18. The third-order valence-electron chi connectivity index (χ3n) is 3.98. The summed E-state index contributed by atoms with van der Waals surface area (Å²) in [6.45, 7) is 4.65. The molecule has 1 aromatic carbocycles. The fourth-order valence-electron chi connectivity index (χ4n) is 3.18. The van der Waals surface area contributed by atoms with Crippen LogP contribution in [0.2, 0.25) is 0 Å². The molecule has 1 atom stereocenters. The molecule has 0 heterocycles. The Hall–Kier alpha value is -1.04. The summed E-state index contributed by atoms with van der Waals surface area (Å²) in [6.07, 6.45) is 5.28. The van der Waals surface area contributed by atoms with E-state index in [1.165, 1.54) is 31.2 Å². The van der Waals surface area contributed by atoms with Crippen LogP contribution in [-0.2, 0) is 6.42 Å². The highest BCUT2D eigenvalue weighted by Gasteiger charge is 2.27. The number of hydrogen-bond donors (Lipinski definition) is 0. The molecule has 0 saturated carbocycles. The van der Waals surface area contributed by atoms with E-state index in [1.807, 2.05) is 0 Å². The molecule has 1 unspecified atom stereocenters. The predicted octanol–water partition coefficient (Wildman–Crippen LogP) is 4.12. The first-order chi connectivity index (χ1) is 7.25. The Morgan fingerprint density at radius 1 is 1.27 bits per heavy atom. The first-order valence-electron chi connectivity index (χ1n) is 6.05. The van der Waals surface area contributed by atoms with Crippen molar-refractivity contribution < 1.29 is 0 Å². The van der Waals surface area contributed by atoms with Crippen molar-refractivity contribution in [2.45, 2.75) is 39.5 Å². The number of aryl methyl sites for hydroxylation is 1. The van der Waals surface area contributed by atoms with Crippen molar-refractivity contribution in [3.8, 4) is 0 Å². The second-order valence-electron chi connectivity index (χ2n) is 5.22. The standard InChI is InChI=1S/C15H18/c1-10-6-7-12-9-13-5-3-4-11(2)15(13)14(12)8-10/h3-5,10H,6-9H2,1-2H3. The highest BCUT2D eigenvalue weighted by molar-refractivity contribution is 5.79. The number of rotatable bonds is 0. The monoisotopic (exact) mass is 198 g/mol. The topological polar surface area (TPSA) is 0 Å². The van der Waals surface area contributed by atoms with Crippen LogP contribution < -0.4 is 0 Å². The minimum absolute atomic E-state index is 0.884. The van der Waals surface area contributed by atoms with Crippen molar-refractivity contribution in [3.05, 3.63) is 40.5 Å². The van der Waals surface area contributed by atoms with E-state index in [0.29, 0.717) is 0 Å². The molecule has 78 valence electrons. The molecule has 0 aliphatic heterocycles. The predicted molar refractivity (Wildman–Crippen MR) is 64.8 cm³/mol. The molecule has 1 aromatic rings. The van der Waals surface area contributed by atoms with Gasteiger partial charge in [0.2, 0.25) is 0 Å². The summed E-state index contributed by atoms with van der Waals surface area (Å²) in [5.74, 6) is 0.884. The van der Waals surface area contributed by atoms with E-state index in [0.717, 1.165) is 5.92 Å². The molecule has 2 aliphatic rings. The Balaban J connectivity index is 2.12. The van der Waals surface area contributed by atoms with E-state index in [9.17, 15) is 0 Å². The van der Waals surface area contributed by atoms with Gasteiger partial charge in [0.25, 0.3) is 0 Å². The molecule has 0 amide bonds. The fraction of sp³-hybridized carbons (Fsp3) is 0.467. The van der Waals surface area contributed by atoms with Crippen LogP contribution in [0.5, 0.6) is 0 Å². The zero-order valence-corrected chi connectivity index (χ0v) is 9.64. The van der Waals surface area contributed by atoms with Crippen LogP contribution in [-0.4, -0.2) is 0 Å². The minimum Gasteiger partial charge on any atom is -0.0622 e. The van der Waals surface area contributed by atoms with Crippen molar-refractivity contribution in [1.82, 2.24) is 0 Å². The highest BCUT2D eigenvalue weighted by Crippen LogP contribution is 2.44. The molecule has 15 heavy (non-hydrogen) atoms. The molecule has 0 N–H and O–H groups in total. The second kappa shape index (κ2) is 3.23. The van der Waals surface area contributed by atoms with Gasteiger partial charge in [0.15, 0.2) is 0 Å². The summed E-state index contributed by atoms with van der Waals surface area (Å²) in [5.41, 5.74) is 8.08. The Bertz CT molecular complexity index is 437. The van der Waals surface area contributed by atoms with Gasteiger partial charge in [-0.25, -0.2) is 0 Å².